The Balaban J connectivity index is 1.94. The normalized spacial score (nSPS) is 10.5. The molecule has 0 aliphatic rings. The average Bonchev–Trinajstić information content (AvgIpc) is 2.54. The molecule has 0 amide bonds. The maximum Gasteiger partial charge on any atom is 0.343 e. The number of fused-ring (bicyclic) bond motifs is 1. The number of hydrogen-bond acceptors (Lipinski definition) is 3. The SMILES string of the molecule is CC(=O)c1ccc(Br)cc1OC(=O)c1ccc2ccccc2c1. The smallest absolute Gasteiger partial charge is 0.343 e. The molecule has 114 valence electrons. The van der Waals surface area contributed by atoms with E-state index in [0.717, 1.165) is 15.2 Å². The van der Waals surface area contributed by atoms with E-state index in [0.29, 0.717) is 11.1 Å². The molecule has 0 aliphatic carbocycles. The Morgan fingerprint density at radius 3 is 2.39 bits per heavy atom. The van der Waals surface area contributed by atoms with Crippen LogP contribution in [0.2, 0.25) is 0 Å². The third-order valence-corrected chi connectivity index (χ3v) is 4.00. The summed E-state index contributed by atoms with van der Waals surface area (Å²) in [6.07, 6.45) is 0. The lowest BCUT2D eigenvalue weighted by Gasteiger charge is -2.09. The molecule has 0 fully saturated rings. The van der Waals surface area contributed by atoms with Gasteiger partial charge in [0, 0.05) is 4.47 Å². The van der Waals surface area contributed by atoms with Gasteiger partial charge in [-0.2, -0.15) is 0 Å². The zero-order chi connectivity index (χ0) is 16.4. The molecular weight excluding hydrogens is 356 g/mol. The fourth-order valence-corrected chi connectivity index (χ4v) is 2.69. The van der Waals surface area contributed by atoms with Crippen LogP contribution in [0.3, 0.4) is 0 Å². The van der Waals surface area contributed by atoms with Gasteiger partial charge in [0.2, 0.25) is 0 Å². The van der Waals surface area contributed by atoms with Crippen molar-refractivity contribution in [2.75, 3.05) is 0 Å². The standard InChI is InChI=1S/C19H13BrO3/c1-12(21)17-9-8-16(20)11-18(17)23-19(22)15-7-6-13-4-2-3-5-14(13)10-15/h2-11H,1H3. The fourth-order valence-electron chi connectivity index (χ4n) is 2.35. The third-order valence-electron chi connectivity index (χ3n) is 3.51. The Bertz CT molecular complexity index is 915. The number of halogens is 1. The van der Waals surface area contributed by atoms with Gasteiger partial charge in [-0.1, -0.05) is 46.3 Å². The van der Waals surface area contributed by atoms with E-state index in [1.54, 1.807) is 30.3 Å². The van der Waals surface area contributed by atoms with E-state index in [1.165, 1.54) is 6.92 Å². The summed E-state index contributed by atoms with van der Waals surface area (Å²) in [4.78, 5) is 24.1. The Morgan fingerprint density at radius 1 is 0.913 bits per heavy atom. The summed E-state index contributed by atoms with van der Waals surface area (Å²) < 4.78 is 6.17. The van der Waals surface area contributed by atoms with Crippen molar-refractivity contribution in [2.24, 2.45) is 0 Å². The van der Waals surface area contributed by atoms with E-state index in [9.17, 15) is 9.59 Å². The van der Waals surface area contributed by atoms with Crippen LogP contribution in [0.4, 0.5) is 0 Å². The van der Waals surface area contributed by atoms with Gasteiger partial charge < -0.3 is 4.74 Å². The second-order valence-electron chi connectivity index (χ2n) is 5.15. The highest BCUT2D eigenvalue weighted by Gasteiger charge is 2.15. The van der Waals surface area contributed by atoms with Crippen LogP contribution in [0.5, 0.6) is 5.75 Å². The monoisotopic (exact) mass is 368 g/mol. The number of carbonyl (C=O) groups is 2. The van der Waals surface area contributed by atoms with Crippen LogP contribution in [0.25, 0.3) is 10.8 Å². The second-order valence-corrected chi connectivity index (χ2v) is 6.06. The topological polar surface area (TPSA) is 43.4 Å². The number of benzene rings is 3. The van der Waals surface area contributed by atoms with Crippen LogP contribution >= 0.6 is 15.9 Å². The van der Waals surface area contributed by atoms with Gasteiger partial charge in [-0.3, -0.25) is 4.79 Å². The van der Waals surface area contributed by atoms with Gasteiger partial charge >= 0.3 is 5.97 Å². The minimum atomic E-state index is -0.489. The van der Waals surface area contributed by atoms with Crippen molar-refractivity contribution in [3.8, 4) is 5.75 Å². The fraction of sp³-hybridized carbons (Fsp3) is 0.0526. The lowest BCUT2D eigenvalue weighted by atomic mass is 10.1. The lowest BCUT2D eigenvalue weighted by Crippen LogP contribution is -2.11. The lowest BCUT2D eigenvalue weighted by molar-refractivity contribution is 0.0733. The van der Waals surface area contributed by atoms with Gasteiger partial charge in [-0.05, 0) is 48.0 Å². The Morgan fingerprint density at radius 2 is 1.65 bits per heavy atom. The summed E-state index contributed by atoms with van der Waals surface area (Å²) in [6.45, 7) is 1.44. The van der Waals surface area contributed by atoms with E-state index in [2.05, 4.69) is 15.9 Å². The number of esters is 1. The third kappa shape index (κ3) is 3.32. The molecule has 0 radical (unpaired) electrons. The summed E-state index contributed by atoms with van der Waals surface area (Å²) in [5.41, 5.74) is 0.820. The van der Waals surface area contributed by atoms with Crippen molar-refractivity contribution in [3.63, 3.8) is 0 Å². The number of rotatable bonds is 3. The molecule has 3 rings (SSSR count). The van der Waals surface area contributed by atoms with E-state index in [-0.39, 0.29) is 11.5 Å². The predicted molar refractivity (Wildman–Crippen MR) is 93.1 cm³/mol. The molecule has 4 heteroatoms. The maximum atomic E-state index is 12.4. The second kappa shape index (κ2) is 6.34. The number of Topliss-reactive ketones (excluding diaryl/α,β-unsaturated/α-hetero) is 1. The summed E-state index contributed by atoms with van der Waals surface area (Å²) in [5.74, 6) is -0.389. The number of carbonyl (C=O) groups excluding carboxylic acids is 2. The van der Waals surface area contributed by atoms with Crippen molar-refractivity contribution in [1.82, 2.24) is 0 Å². The van der Waals surface area contributed by atoms with Crippen LogP contribution in [0, 0.1) is 0 Å². The minimum absolute atomic E-state index is 0.154. The van der Waals surface area contributed by atoms with Crippen LogP contribution in [0.1, 0.15) is 27.6 Å². The summed E-state index contributed by atoms with van der Waals surface area (Å²) in [6, 6.07) is 18.1. The van der Waals surface area contributed by atoms with Gasteiger partial charge in [0.25, 0.3) is 0 Å². The highest BCUT2D eigenvalue weighted by atomic mass is 79.9. The van der Waals surface area contributed by atoms with Crippen LogP contribution in [-0.2, 0) is 0 Å². The van der Waals surface area contributed by atoms with Gasteiger partial charge in [0.15, 0.2) is 5.78 Å². The zero-order valence-electron chi connectivity index (χ0n) is 12.4. The molecule has 0 unspecified atom stereocenters. The molecule has 0 aliphatic heterocycles. The Labute approximate surface area is 142 Å². The molecule has 0 heterocycles. The van der Waals surface area contributed by atoms with Crippen LogP contribution in [-0.4, -0.2) is 11.8 Å². The highest BCUT2D eigenvalue weighted by Crippen LogP contribution is 2.25. The first-order valence-corrected chi connectivity index (χ1v) is 7.85. The van der Waals surface area contributed by atoms with Gasteiger partial charge in [0.1, 0.15) is 5.75 Å². The van der Waals surface area contributed by atoms with Gasteiger partial charge in [0.05, 0.1) is 11.1 Å². The first-order chi connectivity index (χ1) is 11.0. The molecule has 3 nitrogen and oxygen atoms in total. The molecule has 3 aromatic carbocycles. The van der Waals surface area contributed by atoms with Gasteiger partial charge in [-0.15, -0.1) is 0 Å². The Hall–Kier alpha value is -2.46. The van der Waals surface area contributed by atoms with Crippen molar-refractivity contribution in [2.45, 2.75) is 6.92 Å². The number of hydrogen-bond donors (Lipinski definition) is 0. The quantitative estimate of drug-likeness (QED) is 0.370. The van der Waals surface area contributed by atoms with Gasteiger partial charge in [-0.25, -0.2) is 4.79 Å². The van der Waals surface area contributed by atoms with E-state index >= 15 is 0 Å². The minimum Gasteiger partial charge on any atom is -0.422 e. The molecule has 0 spiro atoms. The summed E-state index contributed by atoms with van der Waals surface area (Å²) in [5, 5.41) is 2.01. The van der Waals surface area contributed by atoms with Crippen molar-refractivity contribution < 1.29 is 14.3 Å². The van der Waals surface area contributed by atoms with Crippen molar-refractivity contribution >= 4 is 38.5 Å². The molecule has 3 aromatic rings. The molecule has 0 bridgehead atoms. The van der Waals surface area contributed by atoms with Crippen LogP contribution in [0.15, 0.2) is 65.1 Å². The van der Waals surface area contributed by atoms with Crippen molar-refractivity contribution in [1.29, 1.82) is 0 Å². The molecule has 0 atom stereocenters. The zero-order valence-corrected chi connectivity index (χ0v) is 14.0. The number of ether oxygens (including phenoxy) is 1. The molecule has 0 N–H and O–H groups in total. The number of ketones is 1. The van der Waals surface area contributed by atoms with Crippen LogP contribution < -0.4 is 4.74 Å². The first kappa shape index (κ1) is 15.4. The van der Waals surface area contributed by atoms with E-state index < -0.39 is 5.97 Å². The molecule has 0 saturated heterocycles. The van der Waals surface area contributed by atoms with E-state index in [1.807, 2.05) is 30.3 Å². The summed E-state index contributed by atoms with van der Waals surface area (Å²) in [7, 11) is 0. The van der Waals surface area contributed by atoms with E-state index in [4.69, 9.17) is 4.74 Å². The first-order valence-electron chi connectivity index (χ1n) is 7.06. The highest BCUT2D eigenvalue weighted by molar-refractivity contribution is 9.10. The predicted octanol–water partition coefficient (Wildman–Crippen LogP) is 5.02. The molecular formula is C19H13BrO3. The largest absolute Gasteiger partial charge is 0.422 e. The summed E-state index contributed by atoms with van der Waals surface area (Å²) >= 11 is 3.32. The molecule has 0 saturated carbocycles. The average molecular weight is 369 g/mol. The van der Waals surface area contributed by atoms with Crippen molar-refractivity contribution in [3.05, 3.63) is 76.3 Å². The molecule has 23 heavy (non-hydrogen) atoms. The molecule has 0 aromatic heterocycles. The maximum absolute atomic E-state index is 12.4. The Kier molecular flexibility index (Phi) is 4.26.